The minimum Gasteiger partial charge on any atom is -0.368 e. The number of nitrogens with one attached hydrogen (secondary N) is 1. The summed E-state index contributed by atoms with van der Waals surface area (Å²) in [4.78, 5) is 23.7. The molecule has 1 unspecified atom stereocenters. The van der Waals surface area contributed by atoms with Gasteiger partial charge in [-0.15, -0.1) is 0 Å². The third kappa shape index (κ3) is 2.97. The van der Waals surface area contributed by atoms with E-state index < -0.39 is 11.0 Å². The van der Waals surface area contributed by atoms with Gasteiger partial charge in [-0.2, -0.15) is 0 Å². The quantitative estimate of drug-likeness (QED) is 0.654. The van der Waals surface area contributed by atoms with Gasteiger partial charge in [0.2, 0.25) is 5.91 Å². The van der Waals surface area contributed by atoms with E-state index in [-0.39, 0.29) is 11.6 Å². The number of aryl methyl sites for hydroxylation is 1. The molecule has 6 heteroatoms. The van der Waals surface area contributed by atoms with Crippen molar-refractivity contribution in [1.29, 1.82) is 0 Å². The van der Waals surface area contributed by atoms with Crippen molar-refractivity contribution in [3.63, 3.8) is 0 Å². The highest BCUT2D eigenvalue weighted by molar-refractivity contribution is 5.85. The number of benzene rings is 1. The molecule has 0 aliphatic heterocycles. The molecule has 1 aromatic carbocycles. The molecule has 0 heterocycles. The van der Waals surface area contributed by atoms with Crippen molar-refractivity contribution >= 4 is 17.3 Å². The van der Waals surface area contributed by atoms with E-state index in [1.54, 1.807) is 46.1 Å². The monoisotopic (exact) mass is 251 g/mol. The Kier molecular flexibility index (Phi) is 4.25. The van der Waals surface area contributed by atoms with E-state index in [0.717, 1.165) is 0 Å². The number of nitro benzene ring substituents is 1. The second-order valence-electron chi connectivity index (χ2n) is 4.33. The molecular weight excluding hydrogens is 234 g/mol. The molecule has 1 N–H and O–H groups in total. The lowest BCUT2D eigenvalue weighted by molar-refractivity contribution is -0.384. The normalized spacial score (nSPS) is 11.8. The van der Waals surface area contributed by atoms with Crippen molar-refractivity contribution in [3.05, 3.63) is 33.9 Å². The van der Waals surface area contributed by atoms with Crippen LogP contribution in [0.5, 0.6) is 0 Å². The summed E-state index contributed by atoms with van der Waals surface area (Å²) >= 11 is 0. The molecule has 18 heavy (non-hydrogen) atoms. The highest BCUT2D eigenvalue weighted by Gasteiger charge is 2.21. The van der Waals surface area contributed by atoms with Gasteiger partial charge in [0, 0.05) is 19.7 Å². The van der Waals surface area contributed by atoms with Gasteiger partial charge in [-0.25, -0.2) is 0 Å². The number of rotatable bonds is 4. The lowest BCUT2D eigenvalue weighted by Crippen LogP contribution is -2.36. The fourth-order valence-electron chi connectivity index (χ4n) is 1.70. The van der Waals surface area contributed by atoms with Crippen LogP contribution < -0.4 is 5.32 Å². The molecule has 98 valence electrons. The number of carbonyl (C=O) groups excluding carboxylic acids is 1. The number of nitrogens with zero attached hydrogens (tertiary/aromatic N) is 2. The second-order valence-corrected chi connectivity index (χ2v) is 4.33. The van der Waals surface area contributed by atoms with Crippen molar-refractivity contribution < 1.29 is 9.72 Å². The van der Waals surface area contributed by atoms with Crippen molar-refractivity contribution in [1.82, 2.24) is 4.90 Å². The average Bonchev–Trinajstić information content (AvgIpc) is 2.27. The Morgan fingerprint density at radius 1 is 1.44 bits per heavy atom. The second kappa shape index (κ2) is 5.48. The Balaban J connectivity index is 3.01. The third-order valence-electron chi connectivity index (χ3n) is 2.60. The summed E-state index contributed by atoms with van der Waals surface area (Å²) in [7, 11) is 3.29. The van der Waals surface area contributed by atoms with Crippen LogP contribution >= 0.6 is 0 Å². The minimum absolute atomic E-state index is 0.0101. The Morgan fingerprint density at radius 3 is 2.56 bits per heavy atom. The van der Waals surface area contributed by atoms with Crippen LogP contribution in [0, 0.1) is 17.0 Å². The number of carbonyl (C=O) groups is 1. The Labute approximate surface area is 106 Å². The van der Waals surface area contributed by atoms with Gasteiger partial charge in [0.15, 0.2) is 0 Å². The van der Waals surface area contributed by atoms with Gasteiger partial charge in [0.1, 0.15) is 11.7 Å². The standard InChI is InChI=1S/C12H17N3O3/c1-8-6-5-7-10(11(8)15(17)18)13-9(2)12(16)14(3)4/h5-7,9,13H,1-4H3. The topological polar surface area (TPSA) is 75.5 Å². The van der Waals surface area contributed by atoms with Gasteiger partial charge in [-0.3, -0.25) is 14.9 Å². The summed E-state index contributed by atoms with van der Waals surface area (Å²) in [6.45, 7) is 3.34. The lowest BCUT2D eigenvalue weighted by atomic mass is 10.1. The van der Waals surface area contributed by atoms with Gasteiger partial charge >= 0.3 is 0 Å². The fraction of sp³-hybridized carbons (Fsp3) is 0.417. The molecule has 0 aromatic heterocycles. The molecule has 1 amide bonds. The SMILES string of the molecule is Cc1cccc(NC(C)C(=O)N(C)C)c1[N+](=O)[O-]. The lowest BCUT2D eigenvalue weighted by Gasteiger charge is -2.19. The number of hydrogen-bond acceptors (Lipinski definition) is 4. The van der Waals surface area contributed by atoms with Gasteiger partial charge < -0.3 is 10.2 Å². The molecule has 0 aliphatic rings. The van der Waals surface area contributed by atoms with E-state index in [4.69, 9.17) is 0 Å². The van der Waals surface area contributed by atoms with Crippen LogP contribution in [0.2, 0.25) is 0 Å². The zero-order valence-corrected chi connectivity index (χ0v) is 10.9. The first-order chi connectivity index (χ1) is 8.34. The van der Waals surface area contributed by atoms with Gasteiger partial charge in [0.25, 0.3) is 5.69 Å². The molecule has 1 aromatic rings. The van der Waals surface area contributed by atoms with Crippen LogP contribution in [0.1, 0.15) is 12.5 Å². The predicted molar refractivity (Wildman–Crippen MR) is 69.6 cm³/mol. The number of anilines is 1. The largest absolute Gasteiger partial charge is 0.368 e. The number of likely N-dealkylation sites (N-methyl/N-ethyl adjacent to an activating group) is 1. The first-order valence-electron chi connectivity index (χ1n) is 5.56. The van der Waals surface area contributed by atoms with E-state index >= 15 is 0 Å². The predicted octanol–water partition coefficient (Wildman–Crippen LogP) is 1.79. The third-order valence-corrected chi connectivity index (χ3v) is 2.60. The maximum Gasteiger partial charge on any atom is 0.295 e. The summed E-state index contributed by atoms with van der Waals surface area (Å²) in [5.74, 6) is -0.134. The Bertz CT molecular complexity index is 472. The first kappa shape index (κ1) is 14.0. The summed E-state index contributed by atoms with van der Waals surface area (Å²) in [6, 6.07) is 4.48. The molecule has 0 bridgehead atoms. The summed E-state index contributed by atoms with van der Waals surface area (Å²) in [5, 5.41) is 13.9. The molecule has 0 fully saturated rings. The highest BCUT2D eigenvalue weighted by atomic mass is 16.6. The summed E-state index contributed by atoms with van der Waals surface area (Å²) in [6.07, 6.45) is 0. The van der Waals surface area contributed by atoms with Crippen LogP contribution in [-0.4, -0.2) is 35.9 Å². The minimum atomic E-state index is -0.513. The maximum atomic E-state index is 11.7. The van der Waals surface area contributed by atoms with Crippen LogP contribution in [-0.2, 0) is 4.79 Å². The van der Waals surface area contributed by atoms with E-state index in [1.165, 1.54) is 4.90 Å². The van der Waals surface area contributed by atoms with E-state index in [9.17, 15) is 14.9 Å². The summed E-state index contributed by atoms with van der Waals surface area (Å²) < 4.78 is 0. The maximum absolute atomic E-state index is 11.7. The molecule has 1 rings (SSSR count). The molecule has 0 spiro atoms. The average molecular weight is 251 g/mol. The van der Waals surface area contributed by atoms with Crippen molar-refractivity contribution in [2.24, 2.45) is 0 Å². The first-order valence-corrected chi connectivity index (χ1v) is 5.56. The number of hydrogen-bond donors (Lipinski definition) is 1. The molecule has 6 nitrogen and oxygen atoms in total. The number of para-hydroxylation sites is 1. The molecular formula is C12H17N3O3. The van der Waals surface area contributed by atoms with Gasteiger partial charge in [-0.05, 0) is 19.9 Å². The van der Waals surface area contributed by atoms with Crippen LogP contribution in [0.4, 0.5) is 11.4 Å². The zero-order valence-electron chi connectivity index (χ0n) is 10.9. The van der Waals surface area contributed by atoms with E-state index in [2.05, 4.69) is 5.32 Å². The molecule has 0 saturated carbocycles. The number of nitro groups is 1. The number of amides is 1. The van der Waals surface area contributed by atoms with Gasteiger partial charge in [0.05, 0.1) is 4.92 Å². The van der Waals surface area contributed by atoms with Crippen molar-refractivity contribution in [3.8, 4) is 0 Å². The zero-order chi connectivity index (χ0) is 13.9. The van der Waals surface area contributed by atoms with Crippen LogP contribution in [0.3, 0.4) is 0 Å². The van der Waals surface area contributed by atoms with E-state index in [1.807, 2.05) is 0 Å². The highest BCUT2D eigenvalue weighted by Crippen LogP contribution is 2.28. The van der Waals surface area contributed by atoms with Crippen molar-refractivity contribution in [2.75, 3.05) is 19.4 Å². The fourth-order valence-corrected chi connectivity index (χ4v) is 1.70. The molecule has 0 radical (unpaired) electrons. The van der Waals surface area contributed by atoms with Crippen LogP contribution in [0.15, 0.2) is 18.2 Å². The summed E-state index contributed by atoms with van der Waals surface area (Å²) in [5.41, 5.74) is 0.938. The van der Waals surface area contributed by atoms with Crippen LogP contribution in [0.25, 0.3) is 0 Å². The van der Waals surface area contributed by atoms with Gasteiger partial charge in [-0.1, -0.05) is 12.1 Å². The smallest absolute Gasteiger partial charge is 0.295 e. The van der Waals surface area contributed by atoms with Crippen molar-refractivity contribution in [2.45, 2.75) is 19.9 Å². The van der Waals surface area contributed by atoms with E-state index in [0.29, 0.717) is 11.3 Å². The Hall–Kier alpha value is -2.11. The molecule has 0 aliphatic carbocycles. The molecule has 0 saturated heterocycles. The Morgan fingerprint density at radius 2 is 2.06 bits per heavy atom. The molecule has 1 atom stereocenters.